The lowest BCUT2D eigenvalue weighted by atomic mass is 10.2. The smallest absolute Gasteiger partial charge is 0.323 e. The highest BCUT2D eigenvalue weighted by atomic mass is 16.5. The molecule has 0 amide bonds. The average molecular weight is 211 g/mol. The minimum Gasteiger partial charge on any atom is -0.465 e. The summed E-state index contributed by atoms with van der Waals surface area (Å²) in [4.78, 5) is 11.2. The summed E-state index contributed by atoms with van der Waals surface area (Å²) in [7, 11) is 0. The van der Waals surface area contributed by atoms with Gasteiger partial charge in [-0.1, -0.05) is 32.6 Å². The number of unbranched alkanes of at least 4 members (excludes halogenated alkanes) is 4. The summed E-state index contributed by atoms with van der Waals surface area (Å²) in [6.45, 7) is 2.62. The lowest BCUT2D eigenvalue weighted by Crippen LogP contribution is -2.32. The summed E-state index contributed by atoms with van der Waals surface area (Å²) in [5, 5.41) is 0. The standard InChI is InChI=1S/C12H21NO2/c1-3-5-6-7-8-10-15-12(14)11(13)9-4-2/h2,11H,3,5-10,13H2,1H3. The lowest BCUT2D eigenvalue weighted by molar-refractivity contribution is -0.145. The molecule has 0 aliphatic carbocycles. The summed E-state index contributed by atoms with van der Waals surface area (Å²) in [5.41, 5.74) is 5.47. The molecule has 1 atom stereocenters. The van der Waals surface area contributed by atoms with Crippen LogP contribution in [0.2, 0.25) is 0 Å². The van der Waals surface area contributed by atoms with Crippen LogP contribution in [-0.4, -0.2) is 18.6 Å². The van der Waals surface area contributed by atoms with E-state index in [0.717, 1.165) is 12.8 Å². The molecule has 0 saturated carbocycles. The molecule has 0 spiro atoms. The van der Waals surface area contributed by atoms with Gasteiger partial charge in [-0.25, -0.2) is 0 Å². The van der Waals surface area contributed by atoms with Gasteiger partial charge in [0.2, 0.25) is 0 Å². The molecule has 86 valence electrons. The topological polar surface area (TPSA) is 52.3 Å². The molecule has 0 heterocycles. The first kappa shape index (κ1) is 14.0. The zero-order chi connectivity index (χ0) is 11.5. The van der Waals surface area contributed by atoms with Crippen molar-refractivity contribution in [3.63, 3.8) is 0 Å². The van der Waals surface area contributed by atoms with Crippen molar-refractivity contribution in [2.75, 3.05) is 6.61 Å². The molecule has 0 bridgehead atoms. The number of ether oxygens (including phenoxy) is 1. The molecule has 0 aromatic heterocycles. The van der Waals surface area contributed by atoms with Crippen molar-refractivity contribution in [3.8, 4) is 12.3 Å². The van der Waals surface area contributed by atoms with Gasteiger partial charge in [0.1, 0.15) is 6.04 Å². The number of esters is 1. The molecule has 0 fully saturated rings. The number of hydrogen-bond donors (Lipinski definition) is 1. The fourth-order valence-corrected chi connectivity index (χ4v) is 1.20. The van der Waals surface area contributed by atoms with E-state index in [1.54, 1.807) is 0 Å². The van der Waals surface area contributed by atoms with E-state index >= 15 is 0 Å². The van der Waals surface area contributed by atoms with Gasteiger partial charge in [0.25, 0.3) is 0 Å². The van der Waals surface area contributed by atoms with Crippen LogP contribution in [0, 0.1) is 12.3 Å². The van der Waals surface area contributed by atoms with Crippen LogP contribution >= 0.6 is 0 Å². The van der Waals surface area contributed by atoms with E-state index in [1.807, 2.05) is 0 Å². The molecule has 15 heavy (non-hydrogen) atoms. The van der Waals surface area contributed by atoms with E-state index in [4.69, 9.17) is 16.9 Å². The van der Waals surface area contributed by atoms with Gasteiger partial charge in [0, 0.05) is 6.42 Å². The summed E-state index contributed by atoms with van der Waals surface area (Å²) >= 11 is 0. The first-order valence-electron chi connectivity index (χ1n) is 5.58. The van der Waals surface area contributed by atoms with E-state index in [0.29, 0.717) is 6.61 Å². The summed E-state index contributed by atoms with van der Waals surface area (Å²) in [6, 6.07) is -0.661. The average Bonchev–Trinajstić information content (AvgIpc) is 2.23. The number of terminal acetylenes is 1. The Balaban J connectivity index is 3.35. The molecule has 3 nitrogen and oxygen atoms in total. The predicted octanol–water partition coefficient (Wildman–Crippen LogP) is 1.85. The zero-order valence-corrected chi connectivity index (χ0v) is 9.50. The highest BCUT2D eigenvalue weighted by Gasteiger charge is 2.12. The number of carbonyl (C=O) groups excluding carboxylic acids is 1. The van der Waals surface area contributed by atoms with Crippen LogP contribution < -0.4 is 5.73 Å². The van der Waals surface area contributed by atoms with Crippen molar-refractivity contribution in [1.29, 1.82) is 0 Å². The molecule has 0 aromatic rings. The van der Waals surface area contributed by atoms with Gasteiger partial charge < -0.3 is 10.5 Å². The monoisotopic (exact) mass is 211 g/mol. The van der Waals surface area contributed by atoms with E-state index in [9.17, 15) is 4.79 Å². The van der Waals surface area contributed by atoms with Crippen LogP contribution in [0.1, 0.15) is 45.4 Å². The molecule has 2 N–H and O–H groups in total. The molecule has 0 aliphatic rings. The van der Waals surface area contributed by atoms with E-state index < -0.39 is 6.04 Å². The molecule has 0 saturated heterocycles. The lowest BCUT2D eigenvalue weighted by Gasteiger charge is -2.08. The summed E-state index contributed by atoms with van der Waals surface area (Å²) < 4.78 is 4.98. The van der Waals surface area contributed by atoms with Crippen molar-refractivity contribution in [1.82, 2.24) is 0 Å². The van der Waals surface area contributed by atoms with E-state index in [-0.39, 0.29) is 12.4 Å². The first-order chi connectivity index (χ1) is 7.22. The number of nitrogens with two attached hydrogens (primary N) is 1. The van der Waals surface area contributed by atoms with Crippen LogP contribution in [0.3, 0.4) is 0 Å². The van der Waals surface area contributed by atoms with Crippen LogP contribution in [0.4, 0.5) is 0 Å². The Morgan fingerprint density at radius 3 is 2.67 bits per heavy atom. The largest absolute Gasteiger partial charge is 0.465 e. The maximum absolute atomic E-state index is 11.2. The van der Waals surface area contributed by atoms with Crippen LogP contribution in [0.25, 0.3) is 0 Å². The van der Waals surface area contributed by atoms with Crippen molar-refractivity contribution in [2.24, 2.45) is 5.73 Å². The quantitative estimate of drug-likeness (QED) is 0.379. The van der Waals surface area contributed by atoms with Gasteiger partial charge >= 0.3 is 5.97 Å². The Morgan fingerprint density at radius 1 is 1.40 bits per heavy atom. The SMILES string of the molecule is C#CCC(N)C(=O)OCCCCCCC. The Morgan fingerprint density at radius 2 is 2.07 bits per heavy atom. The third kappa shape index (κ3) is 8.02. The molecule has 3 heteroatoms. The third-order valence-electron chi connectivity index (χ3n) is 2.13. The van der Waals surface area contributed by atoms with Crippen LogP contribution in [0.15, 0.2) is 0 Å². The summed E-state index contributed by atoms with van der Waals surface area (Å²) in [5.74, 6) is 1.96. The molecular formula is C12H21NO2. The molecule has 0 radical (unpaired) electrons. The number of rotatable bonds is 8. The first-order valence-corrected chi connectivity index (χ1v) is 5.58. The van der Waals surface area contributed by atoms with Gasteiger partial charge in [0.05, 0.1) is 6.61 Å². The van der Waals surface area contributed by atoms with Crippen LogP contribution in [0.5, 0.6) is 0 Å². The van der Waals surface area contributed by atoms with Gasteiger partial charge in [-0.05, 0) is 6.42 Å². The normalized spacial score (nSPS) is 11.8. The Kier molecular flexibility index (Phi) is 8.90. The Labute approximate surface area is 92.4 Å². The van der Waals surface area contributed by atoms with Crippen molar-refractivity contribution >= 4 is 5.97 Å². The van der Waals surface area contributed by atoms with Gasteiger partial charge in [-0.15, -0.1) is 12.3 Å². The predicted molar refractivity (Wildman–Crippen MR) is 61.1 cm³/mol. The van der Waals surface area contributed by atoms with Crippen molar-refractivity contribution in [2.45, 2.75) is 51.5 Å². The minimum absolute atomic E-state index is 0.245. The maximum atomic E-state index is 11.2. The second kappa shape index (κ2) is 9.54. The fourth-order valence-electron chi connectivity index (χ4n) is 1.20. The highest BCUT2D eigenvalue weighted by Crippen LogP contribution is 2.02. The maximum Gasteiger partial charge on any atom is 0.323 e. The Bertz CT molecular complexity index is 208. The van der Waals surface area contributed by atoms with E-state index in [2.05, 4.69) is 12.8 Å². The zero-order valence-electron chi connectivity index (χ0n) is 9.50. The highest BCUT2D eigenvalue weighted by molar-refractivity contribution is 5.75. The Hall–Kier alpha value is -1.01. The van der Waals surface area contributed by atoms with Crippen LogP contribution in [-0.2, 0) is 9.53 Å². The van der Waals surface area contributed by atoms with Gasteiger partial charge in [-0.2, -0.15) is 0 Å². The molecule has 1 unspecified atom stereocenters. The van der Waals surface area contributed by atoms with Gasteiger partial charge in [0.15, 0.2) is 0 Å². The molecular weight excluding hydrogens is 190 g/mol. The van der Waals surface area contributed by atoms with E-state index in [1.165, 1.54) is 19.3 Å². The number of hydrogen-bond acceptors (Lipinski definition) is 3. The molecule has 0 rings (SSSR count). The van der Waals surface area contributed by atoms with Crippen molar-refractivity contribution in [3.05, 3.63) is 0 Å². The minimum atomic E-state index is -0.661. The second-order valence-electron chi connectivity index (χ2n) is 3.60. The second-order valence-corrected chi connectivity index (χ2v) is 3.60. The van der Waals surface area contributed by atoms with Crippen molar-refractivity contribution < 1.29 is 9.53 Å². The summed E-state index contributed by atoms with van der Waals surface area (Å²) in [6.07, 6.45) is 11.0. The van der Waals surface area contributed by atoms with Gasteiger partial charge in [-0.3, -0.25) is 4.79 Å². The molecule has 0 aliphatic heterocycles. The fraction of sp³-hybridized carbons (Fsp3) is 0.750. The molecule has 0 aromatic carbocycles. The third-order valence-corrected chi connectivity index (χ3v) is 2.13. The number of carbonyl (C=O) groups is 1.